The first-order chi connectivity index (χ1) is 6.83. The van der Waals surface area contributed by atoms with Crippen molar-refractivity contribution in [1.29, 1.82) is 0 Å². The van der Waals surface area contributed by atoms with Crippen LogP contribution in [0.5, 0.6) is 0 Å². The molecule has 0 saturated heterocycles. The summed E-state index contributed by atoms with van der Waals surface area (Å²) in [6.07, 6.45) is 5.70. The number of allylic oxidation sites excluding steroid dienone is 2. The third-order valence-electron chi connectivity index (χ3n) is 2.23. The van der Waals surface area contributed by atoms with Gasteiger partial charge in [-0.15, -0.1) is 13.2 Å². The lowest BCUT2D eigenvalue weighted by Gasteiger charge is -2.10. The molecule has 0 spiro atoms. The van der Waals surface area contributed by atoms with Gasteiger partial charge in [0.05, 0.1) is 0 Å². The molecule has 2 heteroatoms. The van der Waals surface area contributed by atoms with E-state index >= 15 is 0 Å². The van der Waals surface area contributed by atoms with Gasteiger partial charge in [-0.05, 0) is 29.2 Å². The third-order valence-corrected chi connectivity index (χ3v) is 4.04. The van der Waals surface area contributed by atoms with Crippen molar-refractivity contribution >= 4 is 25.1 Å². The summed E-state index contributed by atoms with van der Waals surface area (Å²) in [4.78, 5) is 0. The normalized spacial score (nSPS) is 10.6. The van der Waals surface area contributed by atoms with E-state index in [1.807, 2.05) is 12.2 Å². The average molecular weight is 223 g/mol. The maximum atomic E-state index is 6.02. The maximum absolute atomic E-state index is 6.02. The molecule has 14 heavy (non-hydrogen) atoms. The fourth-order valence-corrected chi connectivity index (χ4v) is 3.08. The van der Waals surface area contributed by atoms with Crippen LogP contribution in [-0.4, -0.2) is 8.83 Å². The molecular formula is C12H15ClSi. The second-order valence-electron chi connectivity index (χ2n) is 3.17. The van der Waals surface area contributed by atoms with Crippen LogP contribution in [0.3, 0.4) is 0 Å². The topological polar surface area (TPSA) is 0 Å². The van der Waals surface area contributed by atoms with E-state index in [2.05, 4.69) is 31.4 Å². The summed E-state index contributed by atoms with van der Waals surface area (Å²) < 4.78 is 0. The monoisotopic (exact) mass is 222 g/mol. The van der Waals surface area contributed by atoms with Crippen molar-refractivity contribution in [2.75, 3.05) is 0 Å². The first-order valence-electron chi connectivity index (χ1n) is 4.70. The van der Waals surface area contributed by atoms with Gasteiger partial charge in [-0.25, -0.2) is 0 Å². The summed E-state index contributed by atoms with van der Waals surface area (Å²) in [7, 11) is -0.606. The maximum Gasteiger partial charge on any atom is 0.156 e. The number of hydrogen-bond acceptors (Lipinski definition) is 0. The van der Waals surface area contributed by atoms with Gasteiger partial charge < -0.3 is 0 Å². The van der Waals surface area contributed by atoms with Gasteiger partial charge in [0, 0.05) is 0 Å². The molecule has 1 aromatic carbocycles. The van der Waals surface area contributed by atoms with Crippen molar-refractivity contribution in [1.82, 2.24) is 0 Å². The molecule has 0 saturated carbocycles. The highest BCUT2D eigenvalue weighted by Crippen LogP contribution is 2.09. The Kier molecular flexibility index (Phi) is 4.70. The largest absolute Gasteiger partial charge is 0.170 e. The number of benzene rings is 1. The van der Waals surface area contributed by atoms with Crippen molar-refractivity contribution in [3.63, 3.8) is 0 Å². The SMILES string of the molecule is C=CCc1cccc([SiH2]Cl)c1CC=C. The third kappa shape index (κ3) is 2.60. The first-order valence-corrected chi connectivity index (χ1v) is 7.55. The highest BCUT2D eigenvalue weighted by molar-refractivity contribution is 7.01. The Morgan fingerprint density at radius 1 is 1.21 bits per heavy atom. The highest BCUT2D eigenvalue weighted by atomic mass is 35.6. The van der Waals surface area contributed by atoms with Crippen molar-refractivity contribution < 1.29 is 0 Å². The highest BCUT2D eigenvalue weighted by Gasteiger charge is 2.04. The quantitative estimate of drug-likeness (QED) is 0.407. The van der Waals surface area contributed by atoms with E-state index in [1.165, 1.54) is 16.3 Å². The molecule has 1 rings (SSSR count). The summed E-state index contributed by atoms with van der Waals surface area (Å²) in [5, 5.41) is 1.34. The van der Waals surface area contributed by atoms with E-state index in [1.54, 1.807) is 0 Å². The van der Waals surface area contributed by atoms with Crippen LogP contribution < -0.4 is 5.19 Å². The molecule has 0 atom stereocenters. The average Bonchev–Trinajstić information content (AvgIpc) is 2.21. The Hall–Kier alpha value is -0.793. The molecule has 0 aliphatic heterocycles. The standard InChI is InChI=1S/C12H15ClSi/c1-3-6-10-8-5-9-12(14-13)11(10)7-4-2/h3-5,8-9H,1-2,6-7,14H2. The molecule has 0 radical (unpaired) electrons. The second kappa shape index (κ2) is 5.84. The lowest BCUT2D eigenvalue weighted by molar-refractivity contribution is 1.17. The molecule has 74 valence electrons. The van der Waals surface area contributed by atoms with Crippen molar-refractivity contribution in [2.24, 2.45) is 0 Å². The molecule has 1 aromatic rings. The van der Waals surface area contributed by atoms with Gasteiger partial charge in [-0.1, -0.05) is 30.4 Å². The first kappa shape index (κ1) is 11.3. The second-order valence-corrected chi connectivity index (χ2v) is 5.00. The van der Waals surface area contributed by atoms with Gasteiger partial charge in [0.25, 0.3) is 0 Å². The predicted octanol–water partition coefficient (Wildman–Crippen LogP) is 2.09. The van der Waals surface area contributed by atoms with Crippen molar-refractivity contribution in [2.45, 2.75) is 12.8 Å². The zero-order chi connectivity index (χ0) is 10.4. The van der Waals surface area contributed by atoms with Crippen LogP contribution in [0.25, 0.3) is 0 Å². The zero-order valence-electron chi connectivity index (χ0n) is 8.30. The smallest absolute Gasteiger partial charge is 0.156 e. The van der Waals surface area contributed by atoms with E-state index in [4.69, 9.17) is 11.1 Å². The minimum atomic E-state index is -0.606. The minimum Gasteiger partial charge on any atom is -0.170 e. The van der Waals surface area contributed by atoms with Crippen LogP contribution in [0, 0.1) is 0 Å². The molecule has 0 fully saturated rings. The van der Waals surface area contributed by atoms with Gasteiger partial charge in [-0.3, -0.25) is 0 Å². The molecule has 0 aromatic heterocycles. The molecule has 0 aliphatic carbocycles. The lowest BCUT2D eigenvalue weighted by atomic mass is 10.0. The van der Waals surface area contributed by atoms with E-state index in [0.29, 0.717) is 0 Å². The Morgan fingerprint density at radius 2 is 1.93 bits per heavy atom. The van der Waals surface area contributed by atoms with Gasteiger partial charge in [0.15, 0.2) is 8.83 Å². The zero-order valence-corrected chi connectivity index (χ0v) is 10.5. The predicted molar refractivity (Wildman–Crippen MR) is 68.3 cm³/mol. The fourth-order valence-electron chi connectivity index (χ4n) is 1.57. The van der Waals surface area contributed by atoms with Crippen molar-refractivity contribution in [3.05, 3.63) is 54.6 Å². The molecule has 0 aliphatic rings. The van der Waals surface area contributed by atoms with Crippen LogP contribution in [0.1, 0.15) is 11.1 Å². The summed E-state index contributed by atoms with van der Waals surface area (Å²) in [5.41, 5.74) is 2.70. The number of rotatable bonds is 5. The molecule has 0 amide bonds. The van der Waals surface area contributed by atoms with Crippen molar-refractivity contribution in [3.8, 4) is 0 Å². The van der Waals surface area contributed by atoms with Crippen LogP contribution in [0.4, 0.5) is 0 Å². The van der Waals surface area contributed by atoms with Crippen LogP contribution in [-0.2, 0) is 12.8 Å². The Bertz CT molecular complexity index is 331. The van der Waals surface area contributed by atoms with E-state index in [9.17, 15) is 0 Å². The summed E-state index contributed by atoms with van der Waals surface area (Å²) in [5.74, 6) is 0. The molecule has 0 bridgehead atoms. The minimum absolute atomic E-state index is 0.606. The lowest BCUT2D eigenvalue weighted by Crippen LogP contribution is -2.17. The number of hydrogen-bond donors (Lipinski definition) is 0. The van der Waals surface area contributed by atoms with E-state index in [0.717, 1.165) is 12.8 Å². The van der Waals surface area contributed by atoms with Gasteiger partial charge >= 0.3 is 0 Å². The molecule has 0 N–H and O–H groups in total. The summed E-state index contributed by atoms with van der Waals surface area (Å²) in [6, 6.07) is 6.35. The Labute approximate surface area is 92.8 Å². The molecule has 0 unspecified atom stereocenters. The summed E-state index contributed by atoms with van der Waals surface area (Å²) >= 11 is 6.02. The summed E-state index contributed by atoms with van der Waals surface area (Å²) in [6.45, 7) is 7.54. The van der Waals surface area contributed by atoms with E-state index < -0.39 is 8.83 Å². The van der Waals surface area contributed by atoms with Crippen LogP contribution in [0.2, 0.25) is 0 Å². The molecule has 0 heterocycles. The fraction of sp³-hybridized carbons (Fsp3) is 0.167. The van der Waals surface area contributed by atoms with Gasteiger partial charge in [0.1, 0.15) is 0 Å². The molecule has 0 nitrogen and oxygen atoms in total. The number of halogens is 1. The van der Waals surface area contributed by atoms with Gasteiger partial charge in [0.2, 0.25) is 0 Å². The van der Waals surface area contributed by atoms with E-state index in [-0.39, 0.29) is 0 Å². The Balaban J connectivity index is 3.12. The van der Waals surface area contributed by atoms with Crippen LogP contribution >= 0.6 is 11.1 Å². The molecular weight excluding hydrogens is 208 g/mol. The van der Waals surface area contributed by atoms with Crippen LogP contribution in [0.15, 0.2) is 43.5 Å². The van der Waals surface area contributed by atoms with Gasteiger partial charge in [-0.2, -0.15) is 11.1 Å². The Morgan fingerprint density at radius 3 is 2.50 bits per heavy atom.